The van der Waals surface area contributed by atoms with Crippen LogP contribution in [-0.4, -0.2) is 6.54 Å². The van der Waals surface area contributed by atoms with Gasteiger partial charge in [-0.3, -0.25) is 0 Å². The number of nitrogens with one attached hydrogen (secondary N) is 1. The second-order valence-corrected chi connectivity index (χ2v) is 5.35. The average Bonchev–Trinajstić information content (AvgIpc) is 2.41. The number of hydrogen-bond donors (Lipinski definition) is 1. The molecule has 0 saturated heterocycles. The molecule has 0 aromatic heterocycles. The third-order valence-corrected chi connectivity index (χ3v) is 3.80. The Kier molecular flexibility index (Phi) is 4.91. The summed E-state index contributed by atoms with van der Waals surface area (Å²) in [5.41, 5.74) is 4.88. The fourth-order valence-electron chi connectivity index (χ4n) is 2.55. The second kappa shape index (κ2) is 6.67. The molecule has 1 nitrogen and oxygen atoms in total. The summed E-state index contributed by atoms with van der Waals surface area (Å²) in [6.45, 7) is 7.17. The molecule has 106 valence electrons. The molecule has 0 bridgehead atoms. The molecule has 0 fully saturated rings. The van der Waals surface area contributed by atoms with Crippen molar-refractivity contribution in [2.75, 3.05) is 6.54 Å². The molecule has 2 heteroatoms. The summed E-state index contributed by atoms with van der Waals surface area (Å²) in [6.07, 6.45) is 0.919. The van der Waals surface area contributed by atoms with E-state index in [0.29, 0.717) is 6.04 Å². The zero-order chi connectivity index (χ0) is 14.5. The highest BCUT2D eigenvalue weighted by atomic mass is 19.1. The van der Waals surface area contributed by atoms with Crippen LogP contribution in [0.1, 0.15) is 35.2 Å². The first-order valence-electron chi connectivity index (χ1n) is 7.12. The van der Waals surface area contributed by atoms with E-state index in [1.54, 1.807) is 6.07 Å². The average molecular weight is 271 g/mol. The van der Waals surface area contributed by atoms with Gasteiger partial charge < -0.3 is 5.32 Å². The van der Waals surface area contributed by atoms with Crippen LogP contribution in [-0.2, 0) is 6.42 Å². The highest BCUT2D eigenvalue weighted by Crippen LogP contribution is 2.17. The fourth-order valence-corrected chi connectivity index (χ4v) is 2.55. The molecule has 1 unspecified atom stereocenters. The van der Waals surface area contributed by atoms with Gasteiger partial charge in [-0.2, -0.15) is 0 Å². The normalized spacial score (nSPS) is 12.4. The summed E-state index contributed by atoms with van der Waals surface area (Å²) in [6, 6.07) is 13.8. The molecule has 0 aliphatic heterocycles. The first-order chi connectivity index (χ1) is 9.58. The molecule has 20 heavy (non-hydrogen) atoms. The van der Waals surface area contributed by atoms with E-state index in [2.05, 4.69) is 43.4 Å². The van der Waals surface area contributed by atoms with Gasteiger partial charge in [-0.15, -0.1) is 0 Å². The molecule has 1 N–H and O–H groups in total. The third-order valence-electron chi connectivity index (χ3n) is 3.80. The van der Waals surface area contributed by atoms with E-state index in [9.17, 15) is 4.39 Å². The Labute approximate surface area is 120 Å². The Bertz CT molecular complexity index is 577. The molecule has 0 heterocycles. The van der Waals surface area contributed by atoms with Crippen LogP contribution in [0.5, 0.6) is 0 Å². The van der Waals surface area contributed by atoms with E-state index in [0.717, 1.165) is 18.5 Å². The van der Waals surface area contributed by atoms with Crippen molar-refractivity contribution in [3.05, 3.63) is 70.5 Å². The summed E-state index contributed by atoms with van der Waals surface area (Å²) in [7, 11) is 0. The van der Waals surface area contributed by atoms with Gasteiger partial charge in [-0.1, -0.05) is 30.3 Å². The molecule has 0 radical (unpaired) electrons. The lowest BCUT2D eigenvalue weighted by Crippen LogP contribution is -2.22. The van der Waals surface area contributed by atoms with Crippen molar-refractivity contribution in [2.24, 2.45) is 0 Å². The van der Waals surface area contributed by atoms with E-state index >= 15 is 0 Å². The summed E-state index contributed by atoms with van der Waals surface area (Å²) >= 11 is 0. The molecule has 2 rings (SSSR count). The minimum absolute atomic E-state index is 0.160. The van der Waals surface area contributed by atoms with Crippen molar-refractivity contribution in [3.63, 3.8) is 0 Å². The molecule has 0 aliphatic rings. The van der Waals surface area contributed by atoms with Gasteiger partial charge in [0, 0.05) is 6.04 Å². The Morgan fingerprint density at radius 3 is 2.50 bits per heavy atom. The monoisotopic (exact) mass is 271 g/mol. The number of halogens is 1. The lowest BCUT2D eigenvalue weighted by atomic mass is 10.0. The molecule has 0 amide bonds. The second-order valence-electron chi connectivity index (χ2n) is 5.35. The van der Waals surface area contributed by atoms with Gasteiger partial charge in [0.2, 0.25) is 0 Å². The quantitative estimate of drug-likeness (QED) is 0.853. The van der Waals surface area contributed by atoms with Crippen LogP contribution in [0.4, 0.5) is 4.39 Å². The van der Waals surface area contributed by atoms with Crippen molar-refractivity contribution in [1.29, 1.82) is 0 Å². The Hall–Kier alpha value is -1.67. The highest BCUT2D eigenvalue weighted by Gasteiger charge is 2.07. The van der Waals surface area contributed by atoms with Crippen molar-refractivity contribution < 1.29 is 4.39 Å². The Morgan fingerprint density at radius 1 is 1.05 bits per heavy atom. The van der Waals surface area contributed by atoms with E-state index < -0.39 is 0 Å². The van der Waals surface area contributed by atoms with Gasteiger partial charge in [0.1, 0.15) is 5.82 Å². The maximum Gasteiger partial charge on any atom is 0.123 e. The molecule has 1 atom stereocenters. The maximum absolute atomic E-state index is 13.0. The Balaban J connectivity index is 1.91. The predicted molar refractivity (Wildman–Crippen MR) is 82.4 cm³/mol. The molecular formula is C18H22FN. The van der Waals surface area contributed by atoms with Crippen molar-refractivity contribution in [1.82, 2.24) is 5.32 Å². The molecule has 0 aliphatic carbocycles. The third kappa shape index (κ3) is 3.67. The van der Waals surface area contributed by atoms with Crippen LogP contribution in [0.25, 0.3) is 0 Å². The van der Waals surface area contributed by atoms with Gasteiger partial charge in [0.15, 0.2) is 0 Å². The first kappa shape index (κ1) is 14.7. The van der Waals surface area contributed by atoms with Gasteiger partial charge in [0.05, 0.1) is 0 Å². The summed E-state index contributed by atoms with van der Waals surface area (Å²) in [5, 5.41) is 3.54. The van der Waals surface area contributed by atoms with Gasteiger partial charge >= 0.3 is 0 Å². The van der Waals surface area contributed by atoms with E-state index in [4.69, 9.17) is 0 Å². The molecule has 2 aromatic carbocycles. The number of hydrogen-bond acceptors (Lipinski definition) is 1. The van der Waals surface area contributed by atoms with Crippen LogP contribution < -0.4 is 5.32 Å². The minimum Gasteiger partial charge on any atom is -0.310 e. The largest absolute Gasteiger partial charge is 0.310 e. The maximum atomic E-state index is 13.0. The minimum atomic E-state index is -0.160. The topological polar surface area (TPSA) is 12.0 Å². The van der Waals surface area contributed by atoms with Crippen LogP contribution in [0.3, 0.4) is 0 Å². The van der Waals surface area contributed by atoms with Gasteiger partial charge in [0.25, 0.3) is 0 Å². The van der Waals surface area contributed by atoms with Crippen molar-refractivity contribution in [2.45, 2.75) is 33.2 Å². The van der Waals surface area contributed by atoms with E-state index in [1.807, 2.05) is 13.0 Å². The van der Waals surface area contributed by atoms with Gasteiger partial charge in [-0.05, 0) is 68.1 Å². The predicted octanol–water partition coefficient (Wildman–Crippen LogP) is 4.34. The van der Waals surface area contributed by atoms with Gasteiger partial charge in [-0.25, -0.2) is 4.39 Å². The zero-order valence-electron chi connectivity index (χ0n) is 12.4. The van der Waals surface area contributed by atoms with Crippen molar-refractivity contribution >= 4 is 0 Å². The van der Waals surface area contributed by atoms with Crippen molar-refractivity contribution in [3.8, 4) is 0 Å². The number of benzene rings is 2. The summed E-state index contributed by atoms with van der Waals surface area (Å²) in [5.74, 6) is -0.160. The van der Waals surface area contributed by atoms with E-state index in [-0.39, 0.29) is 5.82 Å². The lowest BCUT2D eigenvalue weighted by Gasteiger charge is -2.17. The molecule has 0 spiro atoms. The first-order valence-corrected chi connectivity index (χ1v) is 7.12. The Morgan fingerprint density at radius 2 is 1.80 bits per heavy atom. The zero-order valence-corrected chi connectivity index (χ0v) is 12.4. The fraction of sp³-hybridized carbons (Fsp3) is 0.333. The summed E-state index contributed by atoms with van der Waals surface area (Å²) < 4.78 is 13.0. The highest BCUT2D eigenvalue weighted by molar-refractivity contribution is 5.29. The summed E-state index contributed by atoms with van der Waals surface area (Å²) in [4.78, 5) is 0. The van der Waals surface area contributed by atoms with Crippen LogP contribution >= 0.6 is 0 Å². The smallest absolute Gasteiger partial charge is 0.123 e. The van der Waals surface area contributed by atoms with Crippen LogP contribution in [0.2, 0.25) is 0 Å². The SMILES string of the molecule is Cc1cc(F)ccc1CCNC(C)c1ccccc1C. The number of aryl methyl sites for hydroxylation is 2. The molecule has 0 saturated carbocycles. The standard InChI is InChI=1S/C18H22FN/c1-13-6-4-5-7-18(13)15(3)20-11-10-16-8-9-17(19)12-14(16)2/h4-9,12,15,20H,10-11H2,1-3H3. The molecule has 2 aromatic rings. The molecular weight excluding hydrogens is 249 g/mol. The lowest BCUT2D eigenvalue weighted by molar-refractivity contribution is 0.573. The number of rotatable bonds is 5. The van der Waals surface area contributed by atoms with Crippen LogP contribution in [0, 0.1) is 19.7 Å². The van der Waals surface area contributed by atoms with E-state index in [1.165, 1.54) is 22.8 Å². The van der Waals surface area contributed by atoms with Crippen LogP contribution in [0.15, 0.2) is 42.5 Å².